The molecular weight excluding hydrogens is 228 g/mol. The Kier molecular flexibility index (Phi) is 4.59. The molecular formula is C14H20N2O2. The minimum atomic E-state index is -0.0989. The van der Waals surface area contributed by atoms with E-state index in [2.05, 4.69) is 35.8 Å². The molecule has 1 aromatic rings. The Morgan fingerprint density at radius 3 is 3.11 bits per heavy atom. The monoisotopic (exact) mass is 248 g/mol. The second-order valence-electron chi connectivity index (χ2n) is 4.70. The third-order valence-corrected chi connectivity index (χ3v) is 3.05. The molecule has 0 bridgehead atoms. The van der Waals surface area contributed by atoms with Crippen molar-refractivity contribution < 1.29 is 9.53 Å². The van der Waals surface area contributed by atoms with E-state index in [-0.39, 0.29) is 12.1 Å². The summed E-state index contributed by atoms with van der Waals surface area (Å²) in [6.45, 7) is 4.10. The molecule has 2 amide bonds. The van der Waals surface area contributed by atoms with Gasteiger partial charge < -0.3 is 15.4 Å². The molecule has 2 N–H and O–H groups in total. The molecule has 1 fully saturated rings. The van der Waals surface area contributed by atoms with Crippen LogP contribution in [0.2, 0.25) is 0 Å². The topological polar surface area (TPSA) is 50.4 Å². The van der Waals surface area contributed by atoms with Crippen LogP contribution in [0.5, 0.6) is 0 Å². The summed E-state index contributed by atoms with van der Waals surface area (Å²) in [7, 11) is 0. The van der Waals surface area contributed by atoms with Gasteiger partial charge in [-0.05, 0) is 25.3 Å². The normalized spacial score (nSPS) is 18.6. The van der Waals surface area contributed by atoms with Crippen LogP contribution in [-0.2, 0) is 11.2 Å². The number of hydrogen-bond donors (Lipinski definition) is 2. The fourth-order valence-electron chi connectivity index (χ4n) is 2.07. The summed E-state index contributed by atoms with van der Waals surface area (Å²) in [4.78, 5) is 11.6. The maximum absolute atomic E-state index is 11.6. The number of benzene rings is 1. The zero-order valence-electron chi connectivity index (χ0n) is 10.7. The molecule has 0 radical (unpaired) electrons. The van der Waals surface area contributed by atoms with E-state index in [9.17, 15) is 4.79 Å². The van der Waals surface area contributed by atoms with Gasteiger partial charge in [0.05, 0.1) is 12.6 Å². The summed E-state index contributed by atoms with van der Waals surface area (Å²) in [5, 5.41) is 5.77. The van der Waals surface area contributed by atoms with Crippen LogP contribution in [0.1, 0.15) is 17.5 Å². The summed E-state index contributed by atoms with van der Waals surface area (Å²) in [5.74, 6) is 0. The lowest BCUT2D eigenvalue weighted by Gasteiger charge is -2.11. The lowest BCUT2D eigenvalue weighted by atomic mass is 10.1. The van der Waals surface area contributed by atoms with Gasteiger partial charge in [0, 0.05) is 13.2 Å². The van der Waals surface area contributed by atoms with E-state index in [4.69, 9.17) is 4.74 Å². The van der Waals surface area contributed by atoms with Crippen molar-refractivity contribution in [2.45, 2.75) is 25.8 Å². The molecule has 0 aliphatic carbocycles. The number of hydrogen-bond acceptors (Lipinski definition) is 2. The highest BCUT2D eigenvalue weighted by Gasteiger charge is 2.17. The van der Waals surface area contributed by atoms with E-state index in [1.165, 1.54) is 11.1 Å². The molecule has 4 heteroatoms. The number of amides is 2. The molecule has 18 heavy (non-hydrogen) atoms. The first kappa shape index (κ1) is 12.9. The number of nitrogens with one attached hydrogen (secondary N) is 2. The molecule has 1 heterocycles. The second-order valence-corrected chi connectivity index (χ2v) is 4.70. The predicted molar refractivity (Wildman–Crippen MR) is 70.6 cm³/mol. The quantitative estimate of drug-likeness (QED) is 0.851. The summed E-state index contributed by atoms with van der Waals surface area (Å²) < 4.78 is 5.20. The van der Waals surface area contributed by atoms with Crippen molar-refractivity contribution in [1.82, 2.24) is 10.6 Å². The SMILES string of the molecule is Cc1cccc(CCNC(=O)NC2CCOC2)c1. The minimum absolute atomic E-state index is 0.0989. The van der Waals surface area contributed by atoms with Crippen LogP contribution in [0.4, 0.5) is 4.79 Å². The van der Waals surface area contributed by atoms with Crippen LogP contribution >= 0.6 is 0 Å². The van der Waals surface area contributed by atoms with Crippen molar-refractivity contribution in [1.29, 1.82) is 0 Å². The molecule has 2 rings (SSSR count). The van der Waals surface area contributed by atoms with Crippen LogP contribution in [0.15, 0.2) is 24.3 Å². The van der Waals surface area contributed by atoms with Gasteiger partial charge in [0.15, 0.2) is 0 Å². The molecule has 4 nitrogen and oxygen atoms in total. The van der Waals surface area contributed by atoms with Crippen LogP contribution in [-0.4, -0.2) is 31.8 Å². The smallest absolute Gasteiger partial charge is 0.315 e. The standard InChI is InChI=1S/C14H20N2O2/c1-11-3-2-4-12(9-11)5-7-15-14(17)16-13-6-8-18-10-13/h2-4,9,13H,5-8,10H2,1H3,(H2,15,16,17). The summed E-state index contributed by atoms with van der Waals surface area (Å²) in [6.07, 6.45) is 1.77. The van der Waals surface area contributed by atoms with Gasteiger partial charge in [-0.15, -0.1) is 0 Å². The molecule has 98 valence electrons. The van der Waals surface area contributed by atoms with Gasteiger partial charge >= 0.3 is 6.03 Å². The highest BCUT2D eigenvalue weighted by molar-refractivity contribution is 5.74. The Hall–Kier alpha value is -1.55. The van der Waals surface area contributed by atoms with Crippen LogP contribution in [0, 0.1) is 6.92 Å². The number of rotatable bonds is 4. The Morgan fingerprint density at radius 1 is 1.50 bits per heavy atom. The number of aryl methyl sites for hydroxylation is 1. The molecule has 1 aliphatic heterocycles. The van der Waals surface area contributed by atoms with Crippen molar-refractivity contribution in [3.05, 3.63) is 35.4 Å². The van der Waals surface area contributed by atoms with E-state index >= 15 is 0 Å². The largest absolute Gasteiger partial charge is 0.379 e. The summed E-state index contributed by atoms with van der Waals surface area (Å²) in [5.41, 5.74) is 2.50. The molecule has 1 aromatic carbocycles. The maximum atomic E-state index is 11.6. The van der Waals surface area contributed by atoms with E-state index in [0.29, 0.717) is 13.2 Å². The number of carbonyl (C=O) groups is 1. The van der Waals surface area contributed by atoms with Crippen molar-refractivity contribution in [2.75, 3.05) is 19.8 Å². The maximum Gasteiger partial charge on any atom is 0.315 e. The van der Waals surface area contributed by atoms with Crippen LogP contribution in [0.25, 0.3) is 0 Å². The van der Waals surface area contributed by atoms with Crippen molar-refractivity contribution in [3.63, 3.8) is 0 Å². The molecule has 1 atom stereocenters. The fraction of sp³-hybridized carbons (Fsp3) is 0.500. The van der Waals surface area contributed by atoms with Crippen molar-refractivity contribution >= 4 is 6.03 Å². The lowest BCUT2D eigenvalue weighted by Crippen LogP contribution is -2.42. The van der Waals surface area contributed by atoms with Crippen molar-refractivity contribution in [3.8, 4) is 0 Å². The minimum Gasteiger partial charge on any atom is -0.379 e. The predicted octanol–water partition coefficient (Wildman–Crippen LogP) is 1.63. The zero-order chi connectivity index (χ0) is 12.8. The van der Waals surface area contributed by atoms with E-state index < -0.39 is 0 Å². The van der Waals surface area contributed by atoms with E-state index in [1.54, 1.807) is 0 Å². The summed E-state index contributed by atoms with van der Waals surface area (Å²) >= 11 is 0. The Balaban J connectivity index is 1.66. The highest BCUT2D eigenvalue weighted by Crippen LogP contribution is 2.04. The Labute approximate surface area is 108 Å². The Morgan fingerprint density at radius 2 is 2.39 bits per heavy atom. The third-order valence-electron chi connectivity index (χ3n) is 3.05. The number of carbonyl (C=O) groups excluding carboxylic acids is 1. The number of ether oxygens (including phenoxy) is 1. The molecule has 1 aliphatic rings. The molecule has 1 unspecified atom stereocenters. The van der Waals surface area contributed by atoms with E-state index in [0.717, 1.165) is 19.4 Å². The van der Waals surface area contributed by atoms with Crippen molar-refractivity contribution in [2.24, 2.45) is 0 Å². The van der Waals surface area contributed by atoms with Gasteiger partial charge in [-0.3, -0.25) is 0 Å². The number of urea groups is 1. The van der Waals surface area contributed by atoms with E-state index in [1.807, 2.05) is 6.07 Å². The lowest BCUT2D eigenvalue weighted by molar-refractivity contribution is 0.188. The van der Waals surface area contributed by atoms with Gasteiger partial charge in [0.25, 0.3) is 0 Å². The van der Waals surface area contributed by atoms with Gasteiger partial charge in [-0.25, -0.2) is 4.79 Å². The van der Waals surface area contributed by atoms with Gasteiger partial charge in [-0.1, -0.05) is 29.8 Å². The second kappa shape index (κ2) is 6.40. The zero-order valence-corrected chi connectivity index (χ0v) is 10.7. The molecule has 0 aromatic heterocycles. The first-order valence-corrected chi connectivity index (χ1v) is 6.42. The average molecular weight is 248 g/mol. The Bertz CT molecular complexity index is 401. The van der Waals surface area contributed by atoms with Gasteiger partial charge in [0.1, 0.15) is 0 Å². The van der Waals surface area contributed by atoms with Gasteiger partial charge in [0.2, 0.25) is 0 Å². The first-order valence-electron chi connectivity index (χ1n) is 6.42. The third kappa shape index (κ3) is 4.04. The van der Waals surface area contributed by atoms with Gasteiger partial charge in [-0.2, -0.15) is 0 Å². The first-order chi connectivity index (χ1) is 8.74. The average Bonchev–Trinajstić information content (AvgIpc) is 2.82. The highest BCUT2D eigenvalue weighted by atomic mass is 16.5. The van der Waals surface area contributed by atoms with Crippen LogP contribution < -0.4 is 10.6 Å². The van der Waals surface area contributed by atoms with Crippen LogP contribution in [0.3, 0.4) is 0 Å². The fourth-order valence-corrected chi connectivity index (χ4v) is 2.07. The molecule has 1 saturated heterocycles. The molecule has 0 spiro atoms. The molecule has 0 saturated carbocycles. The summed E-state index contributed by atoms with van der Waals surface area (Å²) in [6, 6.07) is 8.41.